The molecule has 1 aliphatic heterocycles. The van der Waals surface area contributed by atoms with Gasteiger partial charge in [0.2, 0.25) is 5.91 Å². The molecule has 1 heterocycles. The lowest BCUT2D eigenvalue weighted by molar-refractivity contribution is -0.123. The van der Waals surface area contributed by atoms with Gasteiger partial charge in [-0.1, -0.05) is 0 Å². The molecule has 1 aromatic rings. The Bertz CT molecular complexity index is 698. The summed E-state index contributed by atoms with van der Waals surface area (Å²) in [6.07, 6.45) is 2.49. The molecular weight excluding hydrogens is 358 g/mol. The fraction of sp³-hybridized carbons (Fsp3) is 0.571. The number of amides is 2. The monoisotopic (exact) mass is 391 g/mol. The second-order valence-corrected chi connectivity index (χ2v) is 8.63. The van der Waals surface area contributed by atoms with Gasteiger partial charge in [-0.05, 0) is 77.1 Å². The van der Waals surface area contributed by atoms with Gasteiger partial charge in [0.15, 0.2) is 0 Å². The Balaban J connectivity index is 0.00000122. The zero-order valence-electron chi connectivity index (χ0n) is 17.7. The number of carboxylic acid groups (broad SMARTS) is 1. The van der Waals surface area contributed by atoms with E-state index in [2.05, 4.69) is 43.6 Å². The van der Waals surface area contributed by atoms with Crippen molar-refractivity contribution in [2.24, 2.45) is 5.92 Å². The fourth-order valence-corrected chi connectivity index (χ4v) is 4.23. The van der Waals surface area contributed by atoms with Crippen LogP contribution in [0.4, 0.5) is 5.69 Å². The van der Waals surface area contributed by atoms with E-state index in [1.165, 1.54) is 0 Å². The van der Waals surface area contributed by atoms with Gasteiger partial charge in [-0.25, -0.2) is 0 Å². The normalized spacial score (nSPS) is 17.6. The molecule has 1 aliphatic rings. The average Bonchev–Trinajstić information content (AvgIpc) is 2.53. The van der Waals surface area contributed by atoms with E-state index in [4.69, 9.17) is 9.90 Å². The maximum atomic E-state index is 12.5. The van der Waals surface area contributed by atoms with E-state index in [0.717, 1.165) is 24.1 Å². The first kappa shape index (κ1) is 23.6. The molecule has 0 atom stereocenters. The van der Waals surface area contributed by atoms with Crippen molar-refractivity contribution in [1.29, 1.82) is 0 Å². The second kappa shape index (κ2) is 9.68. The molecule has 0 bridgehead atoms. The van der Waals surface area contributed by atoms with Gasteiger partial charge in [-0.3, -0.25) is 14.4 Å². The number of hydrogen-bond acceptors (Lipinski definition) is 4. The smallest absolute Gasteiger partial charge is 0.290 e. The minimum atomic E-state index is -0.250. The zero-order valence-corrected chi connectivity index (χ0v) is 17.7. The zero-order chi connectivity index (χ0) is 21.5. The van der Waals surface area contributed by atoms with Crippen LogP contribution < -0.4 is 16.0 Å². The van der Waals surface area contributed by atoms with E-state index >= 15 is 0 Å². The molecule has 7 nitrogen and oxygen atoms in total. The van der Waals surface area contributed by atoms with Gasteiger partial charge in [-0.15, -0.1) is 0 Å². The number of aryl methyl sites for hydroxylation is 1. The Morgan fingerprint density at radius 2 is 1.75 bits per heavy atom. The van der Waals surface area contributed by atoms with E-state index in [0.29, 0.717) is 17.9 Å². The Morgan fingerprint density at radius 1 is 1.21 bits per heavy atom. The first-order valence-corrected chi connectivity index (χ1v) is 9.43. The molecule has 0 spiro atoms. The summed E-state index contributed by atoms with van der Waals surface area (Å²) in [6, 6.07) is 5.33. The van der Waals surface area contributed by atoms with Crippen molar-refractivity contribution in [1.82, 2.24) is 10.6 Å². The van der Waals surface area contributed by atoms with Crippen LogP contribution in [0.25, 0.3) is 0 Å². The van der Waals surface area contributed by atoms with Gasteiger partial charge < -0.3 is 21.1 Å². The highest BCUT2D eigenvalue weighted by Crippen LogP contribution is 2.34. The molecule has 0 aliphatic carbocycles. The number of piperidine rings is 1. The summed E-state index contributed by atoms with van der Waals surface area (Å²) in [7, 11) is 1.61. The number of anilines is 1. The van der Waals surface area contributed by atoms with Crippen LogP contribution in [0.3, 0.4) is 0 Å². The first-order valence-electron chi connectivity index (χ1n) is 9.43. The summed E-state index contributed by atoms with van der Waals surface area (Å²) in [5.74, 6) is 0.270. The van der Waals surface area contributed by atoms with Crippen molar-refractivity contribution in [3.8, 4) is 0 Å². The Kier molecular flexibility index (Phi) is 8.17. The van der Waals surface area contributed by atoms with Crippen LogP contribution in [-0.4, -0.2) is 41.5 Å². The maximum absolute atomic E-state index is 12.5. The highest BCUT2D eigenvalue weighted by Gasteiger charge is 2.38. The van der Waals surface area contributed by atoms with E-state index in [-0.39, 0.29) is 29.4 Å². The average molecular weight is 392 g/mol. The number of nitrogens with one attached hydrogen (secondary N) is 3. The van der Waals surface area contributed by atoms with Crippen molar-refractivity contribution in [2.75, 3.05) is 12.4 Å². The molecule has 0 radical (unpaired) electrons. The van der Waals surface area contributed by atoms with Crippen LogP contribution in [0.5, 0.6) is 0 Å². The molecule has 0 unspecified atom stereocenters. The minimum absolute atomic E-state index is 0.0364. The fourth-order valence-electron chi connectivity index (χ4n) is 4.23. The molecule has 28 heavy (non-hydrogen) atoms. The minimum Gasteiger partial charge on any atom is -0.483 e. The third-order valence-corrected chi connectivity index (χ3v) is 4.74. The van der Waals surface area contributed by atoms with Gasteiger partial charge in [0.1, 0.15) is 0 Å². The van der Waals surface area contributed by atoms with Crippen molar-refractivity contribution in [3.05, 3.63) is 29.3 Å². The molecule has 1 aromatic carbocycles. The summed E-state index contributed by atoms with van der Waals surface area (Å²) in [4.78, 5) is 32.6. The number of hydrogen-bond donors (Lipinski definition) is 4. The molecule has 4 N–H and O–H groups in total. The molecule has 156 valence electrons. The Morgan fingerprint density at radius 3 is 2.21 bits per heavy atom. The summed E-state index contributed by atoms with van der Waals surface area (Å²) in [6.45, 7) is 10.4. The third-order valence-electron chi connectivity index (χ3n) is 4.74. The van der Waals surface area contributed by atoms with Crippen molar-refractivity contribution < 1.29 is 19.5 Å². The van der Waals surface area contributed by atoms with Crippen molar-refractivity contribution in [2.45, 2.75) is 65.0 Å². The maximum Gasteiger partial charge on any atom is 0.290 e. The molecule has 0 aromatic heterocycles. The lowest BCUT2D eigenvalue weighted by Crippen LogP contribution is -2.58. The highest BCUT2D eigenvalue weighted by atomic mass is 16.3. The number of benzene rings is 1. The van der Waals surface area contributed by atoms with E-state index in [9.17, 15) is 9.59 Å². The Hall–Kier alpha value is -2.41. The summed E-state index contributed by atoms with van der Waals surface area (Å²) < 4.78 is 0. The lowest BCUT2D eigenvalue weighted by atomic mass is 9.74. The van der Waals surface area contributed by atoms with Crippen LogP contribution in [0.1, 0.15) is 62.9 Å². The lowest BCUT2D eigenvalue weighted by Gasteiger charge is -2.46. The van der Waals surface area contributed by atoms with Gasteiger partial charge in [0.05, 0.1) is 0 Å². The van der Waals surface area contributed by atoms with Crippen LogP contribution in [0.15, 0.2) is 18.2 Å². The molecule has 2 rings (SSSR count). The number of rotatable bonds is 4. The van der Waals surface area contributed by atoms with Crippen LogP contribution in [0, 0.1) is 12.8 Å². The molecule has 1 saturated heterocycles. The predicted molar refractivity (Wildman–Crippen MR) is 111 cm³/mol. The molecule has 0 saturated carbocycles. The number of carbonyl (C=O) groups excluding carboxylic acids is 2. The SMILES string of the molecule is CNC(=O)c1ccc(NC(=O)CC2CC(C)(C)NC(C)(C)C2)c(C)c1.O=CO. The highest BCUT2D eigenvalue weighted by molar-refractivity contribution is 5.96. The summed E-state index contributed by atoms with van der Waals surface area (Å²) in [5.41, 5.74) is 2.33. The predicted octanol–water partition coefficient (Wildman–Crippen LogP) is 2.94. The van der Waals surface area contributed by atoms with Crippen LogP contribution in [-0.2, 0) is 9.59 Å². The van der Waals surface area contributed by atoms with Crippen molar-refractivity contribution >= 4 is 24.0 Å². The summed E-state index contributed by atoms with van der Waals surface area (Å²) in [5, 5.41) is 16.1. The molecule has 7 heteroatoms. The standard InChI is InChI=1S/C20H31N3O2.CH2O2/c1-13-9-15(18(25)21-6)7-8-16(13)22-17(24)10-14-11-19(2,3)23-20(4,5)12-14;2-1-3/h7-9,14,23H,10-12H2,1-6H3,(H,21,25)(H,22,24);1H,(H,2,3). The molecule has 1 fully saturated rings. The molecule has 2 amide bonds. The van der Waals surface area contributed by atoms with Crippen LogP contribution >= 0.6 is 0 Å². The Labute approximate surface area is 167 Å². The summed E-state index contributed by atoms with van der Waals surface area (Å²) >= 11 is 0. The van der Waals surface area contributed by atoms with E-state index in [1.807, 2.05) is 6.92 Å². The van der Waals surface area contributed by atoms with Gasteiger partial charge in [0, 0.05) is 35.8 Å². The van der Waals surface area contributed by atoms with Gasteiger partial charge in [0.25, 0.3) is 12.4 Å². The van der Waals surface area contributed by atoms with E-state index in [1.54, 1.807) is 25.2 Å². The quantitative estimate of drug-likeness (QED) is 0.590. The second-order valence-electron chi connectivity index (χ2n) is 8.63. The third kappa shape index (κ3) is 7.31. The topological polar surface area (TPSA) is 108 Å². The largest absolute Gasteiger partial charge is 0.483 e. The van der Waals surface area contributed by atoms with Gasteiger partial charge >= 0.3 is 0 Å². The van der Waals surface area contributed by atoms with Crippen LogP contribution in [0.2, 0.25) is 0 Å². The first-order chi connectivity index (χ1) is 12.9. The van der Waals surface area contributed by atoms with E-state index < -0.39 is 0 Å². The van der Waals surface area contributed by atoms with Gasteiger partial charge in [-0.2, -0.15) is 0 Å². The number of carbonyl (C=O) groups is 3. The van der Waals surface area contributed by atoms with Crippen molar-refractivity contribution in [3.63, 3.8) is 0 Å². The molecular formula is C21H33N3O4.